The average Bonchev–Trinajstić information content (AvgIpc) is 2.68. The second kappa shape index (κ2) is 6.46. The third-order valence-corrected chi connectivity index (χ3v) is 3.29. The second-order valence-electron chi connectivity index (χ2n) is 4.93. The first-order valence-corrected chi connectivity index (χ1v) is 6.14. The molecule has 3 nitrogen and oxygen atoms in total. The summed E-state index contributed by atoms with van der Waals surface area (Å²) in [7, 11) is 2.22. The Hall–Kier alpha value is -0.120. The Labute approximate surface area is 94.2 Å². The second-order valence-corrected chi connectivity index (χ2v) is 4.93. The minimum absolute atomic E-state index is 0.595. The third-order valence-electron chi connectivity index (χ3n) is 3.29. The Balaban J connectivity index is 2.17. The average molecular weight is 214 g/mol. The fourth-order valence-electron chi connectivity index (χ4n) is 1.99. The molecule has 0 aromatic rings. The van der Waals surface area contributed by atoms with Crippen LogP contribution in [0.25, 0.3) is 0 Å². The van der Waals surface area contributed by atoms with Crippen LogP contribution < -0.4 is 5.32 Å². The molecule has 2 unspecified atom stereocenters. The fourth-order valence-corrected chi connectivity index (χ4v) is 1.99. The van der Waals surface area contributed by atoms with Crippen molar-refractivity contribution in [3.63, 3.8) is 0 Å². The van der Waals surface area contributed by atoms with Crippen LogP contribution in [0.2, 0.25) is 0 Å². The molecule has 3 heteroatoms. The molecular formula is C12H26N2O. The standard InChI is InChI=1S/C12H26N2O/c1-10(2)13-7-5-11(3)14(4)12-6-8-15-9-12/h10-13H,5-9H2,1-4H3. The number of nitrogens with one attached hydrogen (secondary N) is 1. The molecule has 2 atom stereocenters. The normalized spacial score (nSPS) is 24.0. The van der Waals surface area contributed by atoms with E-state index in [2.05, 4.69) is 38.0 Å². The third kappa shape index (κ3) is 4.49. The first-order chi connectivity index (χ1) is 7.11. The van der Waals surface area contributed by atoms with Crippen molar-refractivity contribution < 1.29 is 4.74 Å². The maximum absolute atomic E-state index is 5.41. The zero-order valence-electron chi connectivity index (χ0n) is 10.6. The summed E-state index contributed by atoms with van der Waals surface area (Å²) in [5.41, 5.74) is 0. The van der Waals surface area contributed by atoms with E-state index >= 15 is 0 Å². The molecule has 0 aromatic carbocycles. The zero-order valence-corrected chi connectivity index (χ0v) is 10.6. The van der Waals surface area contributed by atoms with E-state index in [1.807, 2.05) is 0 Å². The predicted octanol–water partition coefficient (Wildman–Crippen LogP) is 1.48. The summed E-state index contributed by atoms with van der Waals surface area (Å²) in [6.45, 7) is 9.65. The number of likely N-dealkylation sites (N-methyl/N-ethyl adjacent to an activating group) is 1. The first-order valence-electron chi connectivity index (χ1n) is 6.14. The molecule has 0 aliphatic carbocycles. The lowest BCUT2D eigenvalue weighted by atomic mass is 10.1. The highest BCUT2D eigenvalue weighted by Crippen LogP contribution is 2.14. The van der Waals surface area contributed by atoms with Gasteiger partial charge in [-0.3, -0.25) is 4.90 Å². The molecule has 90 valence electrons. The van der Waals surface area contributed by atoms with Crippen LogP contribution in [-0.2, 0) is 4.74 Å². The summed E-state index contributed by atoms with van der Waals surface area (Å²) in [6, 6.07) is 1.87. The van der Waals surface area contributed by atoms with Gasteiger partial charge in [-0.1, -0.05) is 13.8 Å². The number of hydrogen-bond acceptors (Lipinski definition) is 3. The highest BCUT2D eigenvalue weighted by Gasteiger charge is 2.23. The smallest absolute Gasteiger partial charge is 0.0622 e. The van der Waals surface area contributed by atoms with Crippen molar-refractivity contribution in [3.05, 3.63) is 0 Å². The molecule has 0 radical (unpaired) electrons. The SMILES string of the molecule is CC(C)NCCC(C)N(C)C1CCOC1. The van der Waals surface area contributed by atoms with Crippen LogP contribution in [0, 0.1) is 0 Å². The van der Waals surface area contributed by atoms with Gasteiger partial charge in [0, 0.05) is 24.7 Å². The molecule has 0 bridgehead atoms. The van der Waals surface area contributed by atoms with Crippen molar-refractivity contribution in [2.75, 3.05) is 26.8 Å². The molecule has 1 rings (SSSR count). The van der Waals surface area contributed by atoms with Gasteiger partial charge in [0.15, 0.2) is 0 Å². The first kappa shape index (κ1) is 12.9. The predicted molar refractivity (Wildman–Crippen MR) is 64.2 cm³/mol. The highest BCUT2D eigenvalue weighted by molar-refractivity contribution is 4.77. The van der Waals surface area contributed by atoms with Gasteiger partial charge in [0.05, 0.1) is 6.61 Å². The monoisotopic (exact) mass is 214 g/mol. The van der Waals surface area contributed by atoms with Crippen molar-refractivity contribution in [1.82, 2.24) is 10.2 Å². The minimum Gasteiger partial charge on any atom is -0.380 e. The van der Waals surface area contributed by atoms with Crippen LogP contribution in [0.15, 0.2) is 0 Å². The minimum atomic E-state index is 0.595. The molecule has 0 amide bonds. The van der Waals surface area contributed by atoms with Gasteiger partial charge >= 0.3 is 0 Å². The van der Waals surface area contributed by atoms with Crippen molar-refractivity contribution >= 4 is 0 Å². The summed E-state index contributed by atoms with van der Waals surface area (Å²) in [5.74, 6) is 0. The zero-order chi connectivity index (χ0) is 11.3. The van der Waals surface area contributed by atoms with Crippen molar-refractivity contribution in [3.8, 4) is 0 Å². The summed E-state index contributed by atoms with van der Waals surface area (Å²) < 4.78 is 5.41. The van der Waals surface area contributed by atoms with Crippen molar-refractivity contribution in [2.45, 2.75) is 51.7 Å². The molecule has 0 aromatic heterocycles. The van der Waals surface area contributed by atoms with Crippen molar-refractivity contribution in [2.24, 2.45) is 0 Å². The highest BCUT2D eigenvalue weighted by atomic mass is 16.5. The number of rotatable bonds is 6. The van der Waals surface area contributed by atoms with Gasteiger partial charge in [0.25, 0.3) is 0 Å². The summed E-state index contributed by atoms with van der Waals surface area (Å²) in [6.07, 6.45) is 2.41. The van der Waals surface area contributed by atoms with Crippen molar-refractivity contribution in [1.29, 1.82) is 0 Å². The molecule has 1 aliphatic heterocycles. The van der Waals surface area contributed by atoms with Gasteiger partial charge in [-0.05, 0) is 33.4 Å². The van der Waals surface area contributed by atoms with Gasteiger partial charge < -0.3 is 10.1 Å². The molecule has 1 aliphatic rings. The number of hydrogen-bond donors (Lipinski definition) is 1. The van der Waals surface area contributed by atoms with Gasteiger partial charge in [-0.25, -0.2) is 0 Å². The van der Waals surface area contributed by atoms with E-state index in [1.54, 1.807) is 0 Å². The van der Waals surface area contributed by atoms with E-state index in [9.17, 15) is 0 Å². The summed E-state index contributed by atoms with van der Waals surface area (Å²) in [4.78, 5) is 2.47. The van der Waals surface area contributed by atoms with Crippen LogP contribution in [-0.4, -0.2) is 49.8 Å². The summed E-state index contributed by atoms with van der Waals surface area (Å²) in [5, 5.41) is 3.46. The lowest BCUT2D eigenvalue weighted by molar-refractivity contribution is 0.134. The van der Waals surface area contributed by atoms with Gasteiger partial charge in [0.2, 0.25) is 0 Å². The molecule has 1 saturated heterocycles. The quantitative estimate of drug-likeness (QED) is 0.725. The van der Waals surface area contributed by atoms with E-state index in [0.29, 0.717) is 18.1 Å². The largest absolute Gasteiger partial charge is 0.380 e. The van der Waals surface area contributed by atoms with Gasteiger partial charge in [-0.15, -0.1) is 0 Å². The molecule has 0 spiro atoms. The number of ether oxygens (including phenoxy) is 1. The van der Waals surface area contributed by atoms with E-state index in [-0.39, 0.29) is 0 Å². The maximum atomic E-state index is 5.41. The Morgan fingerprint density at radius 1 is 1.40 bits per heavy atom. The Morgan fingerprint density at radius 2 is 2.13 bits per heavy atom. The Bertz CT molecular complexity index is 167. The molecular weight excluding hydrogens is 188 g/mol. The van der Waals surface area contributed by atoms with E-state index in [1.165, 1.54) is 12.8 Å². The fraction of sp³-hybridized carbons (Fsp3) is 1.00. The number of nitrogens with zero attached hydrogens (tertiary/aromatic N) is 1. The van der Waals surface area contributed by atoms with Gasteiger partial charge in [-0.2, -0.15) is 0 Å². The molecule has 15 heavy (non-hydrogen) atoms. The van der Waals surface area contributed by atoms with Crippen LogP contribution in [0.4, 0.5) is 0 Å². The van der Waals surface area contributed by atoms with Gasteiger partial charge in [0.1, 0.15) is 0 Å². The van der Waals surface area contributed by atoms with E-state index in [0.717, 1.165) is 19.8 Å². The topological polar surface area (TPSA) is 24.5 Å². The molecule has 1 N–H and O–H groups in total. The summed E-state index contributed by atoms with van der Waals surface area (Å²) >= 11 is 0. The Morgan fingerprint density at radius 3 is 2.67 bits per heavy atom. The van der Waals surface area contributed by atoms with E-state index < -0.39 is 0 Å². The lowest BCUT2D eigenvalue weighted by Gasteiger charge is -2.30. The maximum Gasteiger partial charge on any atom is 0.0622 e. The molecule has 1 fully saturated rings. The van der Waals surface area contributed by atoms with Crippen LogP contribution in [0.1, 0.15) is 33.6 Å². The Kier molecular flexibility index (Phi) is 5.58. The van der Waals surface area contributed by atoms with Crippen LogP contribution in [0.3, 0.4) is 0 Å². The lowest BCUT2D eigenvalue weighted by Crippen LogP contribution is -2.40. The van der Waals surface area contributed by atoms with Crippen LogP contribution in [0.5, 0.6) is 0 Å². The molecule has 0 saturated carbocycles. The van der Waals surface area contributed by atoms with E-state index in [4.69, 9.17) is 4.74 Å². The van der Waals surface area contributed by atoms with Crippen LogP contribution >= 0.6 is 0 Å². The molecule has 1 heterocycles.